The van der Waals surface area contributed by atoms with Crippen molar-refractivity contribution in [2.24, 2.45) is 5.92 Å². The highest BCUT2D eigenvalue weighted by atomic mass is 16.6. The lowest BCUT2D eigenvalue weighted by atomic mass is 9.75. The second kappa shape index (κ2) is 28.5. The molecule has 0 fully saturated rings. The highest BCUT2D eigenvalue weighted by molar-refractivity contribution is 5.59. The minimum Gasteiger partial charge on any atom is -0.496 e. The zero-order valence-corrected chi connectivity index (χ0v) is 48.3. The SMILES string of the molecule is COc1cc(C[C@@H](CCc2cc(OC)c(OC)c(OC)c2)[C@@H](Cc2cc(OC)c(CCc3cc(OC)c(OC)c(OC)c3)c(OC)c2)c2cc(OC)c(OC)c(OC)c2)cc(OC)c1CCc1cc(OC)c(OC)c(OC)c1. The largest absolute Gasteiger partial charge is 0.496 e. The highest BCUT2D eigenvalue weighted by Crippen LogP contribution is 2.47. The molecule has 0 aliphatic rings. The number of hydrogen-bond acceptors (Lipinski definition) is 16. The maximum Gasteiger partial charge on any atom is 0.203 e. The first-order valence-electron chi connectivity index (χ1n) is 25.5. The van der Waals surface area contributed by atoms with E-state index in [0.717, 1.165) is 44.5 Å². The monoisotopic (exact) mass is 1080 g/mol. The van der Waals surface area contributed by atoms with Crippen molar-refractivity contribution in [1.82, 2.24) is 0 Å². The molecule has 6 rings (SSSR count). The fourth-order valence-corrected chi connectivity index (χ4v) is 10.4. The molecule has 0 unspecified atom stereocenters. The van der Waals surface area contributed by atoms with Crippen molar-refractivity contribution in [3.8, 4) is 92.0 Å². The maximum absolute atomic E-state index is 6.22. The van der Waals surface area contributed by atoms with Gasteiger partial charge in [-0.2, -0.15) is 0 Å². The van der Waals surface area contributed by atoms with Crippen LogP contribution in [0.2, 0.25) is 0 Å². The average Bonchev–Trinajstić information content (AvgIpc) is 3.49. The van der Waals surface area contributed by atoms with Crippen molar-refractivity contribution >= 4 is 0 Å². The van der Waals surface area contributed by atoms with E-state index < -0.39 is 0 Å². The summed E-state index contributed by atoms with van der Waals surface area (Å²) < 4.78 is 94.1. The lowest BCUT2D eigenvalue weighted by Crippen LogP contribution is -2.20. The summed E-state index contributed by atoms with van der Waals surface area (Å²) in [6, 6.07) is 24.4. The van der Waals surface area contributed by atoms with E-state index in [9.17, 15) is 0 Å². The van der Waals surface area contributed by atoms with E-state index in [1.54, 1.807) is 114 Å². The standard InChI is InChI=1S/C62H78O16/c1-63-47-31-40(32-48(64-2)44(47)21-18-38-27-53(69-7)60(76-14)54(28-38)70-8)23-42(20-17-37-25-51(67-5)59(75-13)52(26-37)68-6)46(43-35-57(73-11)62(78-16)58(36-43)74-12)24-41-33-49(65-3)45(50(34-41)66-4)22-19-39-29-55(71-9)61(77-15)56(30-39)72-10/h25-36,42,46H,17-24H2,1-16H3/t42-,46-/m1/s1. The van der Waals surface area contributed by atoms with Crippen molar-refractivity contribution in [1.29, 1.82) is 0 Å². The molecule has 0 N–H and O–H groups in total. The molecule has 0 aliphatic heterocycles. The van der Waals surface area contributed by atoms with E-state index in [4.69, 9.17) is 75.8 Å². The molecule has 16 nitrogen and oxygen atoms in total. The minimum atomic E-state index is -0.183. The Hall–Kier alpha value is -7.88. The Kier molecular flexibility index (Phi) is 21.7. The molecule has 0 amide bonds. The Morgan fingerprint density at radius 1 is 0.244 bits per heavy atom. The highest BCUT2D eigenvalue weighted by Gasteiger charge is 2.30. The predicted molar refractivity (Wildman–Crippen MR) is 300 cm³/mol. The van der Waals surface area contributed by atoms with Gasteiger partial charge < -0.3 is 75.8 Å². The Morgan fingerprint density at radius 2 is 0.487 bits per heavy atom. The fourth-order valence-electron chi connectivity index (χ4n) is 10.4. The van der Waals surface area contributed by atoms with Crippen molar-refractivity contribution in [3.63, 3.8) is 0 Å². The van der Waals surface area contributed by atoms with Crippen LogP contribution < -0.4 is 75.8 Å². The summed E-state index contributed by atoms with van der Waals surface area (Å²) in [7, 11) is 26.1. The van der Waals surface area contributed by atoms with Gasteiger partial charge in [0.25, 0.3) is 0 Å². The van der Waals surface area contributed by atoms with E-state index in [0.29, 0.717) is 143 Å². The van der Waals surface area contributed by atoms with E-state index >= 15 is 0 Å². The van der Waals surface area contributed by atoms with Crippen LogP contribution in [0.5, 0.6) is 92.0 Å². The van der Waals surface area contributed by atoms with Gasteiger partial charge in [0.05, 0.1) is 114 Å². The van der Waals surface area contributed by atoms with Gasteiger partial charge in [-0.3, -0.25) is 0 Å². The molecule has 78 heavy (non-hydrogen) atoms. The van der Waals surface area contributed by atoms with Gasteiger partial charge in [0.15, 0.2) is 46.0 Å². The van der Waals surface area contributed by atoms with E-state index in [1.165, 1.54) is 0 Å². The summed E-state index contributed by atoms with van der Waals surface area (Å²) in [5, 5.41) is 0. The lowest BCUT2D eigenvalue weighted by Gasteiger charge is -2.30. The molecule has 0 bridgehead atoms. The van der Waals surface area contributed by atoms with Crippen molar-refractivity contribution < 1.29 is 75.8 Å². The molecule has 0 saturated heterocycles. The molecular weight excluding hydrogens is 1000 g/mol. The zero-order chi connectivity index (χ0) is 56.5. The number of rotatable bonds is 31. The molecule has 422 valence electrons. The lowest BCUT2D eigenvalue weighted by molar-refractivity contribution is 0.320. The van der Waals surface area contributed by atoms with Crippen molar-refractivity contribution in [3.05, 3.63) is 117 Å². The topological polar surface area (TPSA) is 148 Å². The van der Waals surface area contributed by atoms with Gasteiger partial charge in [-0.1, -0.05) is 0 Å². The summed E-state index contributed by atoms with van der Waals surface area (Å²) in [6.07, 6.45) is 4.99. The summed E-state index contributed by atoms with van der Waals surface area (Å²) in [6.45, 7) is 0. The average molecular weight is 1080 g/mol. The molecule has 6 aromatic rings. The van der Waals surface area contributed by atoms with Crippen LogP contribution in [0.25, 0.3) is 0 Å². The van der Waals surface area contributed by atoms with E-state index in [2.05, 4.69) is 24.3 Å². The first kappa shape index (κ1) is 59.4. The molecule has 2 atom stereocenters. The van der Waals surface area contributed by atoms with Gasteiger partial charge >= 0.3 is 0 Å². The molecule has 0 spiro atoms. The van der Waals surface area contributed by atoms with Crippen LogP contribution in [0, 0.1) is 5.92 Å². The predicted octanol–water partition coefficient (Wildman–Crippen LogP) is 11.2. The molecular formula is C62H78O16. The number of benzene rings is 6. The van der Waals surface area contributed by atoms with E-state index in [1.807, 2.05) is 48.5 Å². The van der Waals surface area contributed by atoms with Crippen LogP contribution in [0.3, 0.4) is 0 Å². The normalized spacial score (nSPS) is 11.6. The fraction of sp³-hybridized carbons (Fsp3) is 0.419. The third kappa shape index (κ3) is 13.4. The molecule has 0 radical (unpaired) electrons. The summed E-state index contributed by atoms with van der Waals surface area (Å²) in [5.74, 6) is 9.21. The molecule has 0 aliphatic carbocycles. The Balaban J connectivity index is 1.49. The van der Waals surface area contributed by atoms with Gasteiger partial charge in [0.2, 0.25) is 23.0 Å². The van der Waals surface area contributed by atoms with Crippen LogP contribution in [-0.4, -0.2) is 114 Å². The van der Waals surface area contributed by atoms with Crippen LogP contribution in [-0.2, 0) is 44.9 Å². The minimum absolute atomic E-state index is 0.0666. The van der Waals surface area contributed by atoms with Crippen LogP contribution >= 0.6 is 0 Å². The second-order valence-electron chi connectivity index (χ2n) is 18.3. The summed E-state index contributed by atoms with van der Waals surface area (Å²) in [5.41, 5.74) is 7.84. The first-order valence-corrected chi connectivity index (χ1v) is 25.5. The van der Waals surface area contributed by atoms with Crippen molar-refractivity contribution in [2.75, 3.05) is 114 Å². The van der Waals surface area contributed by atoms with Crippen LogP contribution in [0.4, 0.5) is 0 Å². The summed E-state index contributed by atoms with van der Waals surface area (Å²) >= 11 is 0. The van der Waals surface area contributed by atoms with Gasteiger partial charge in [-0.15, -0.1) is 0 Å². The number of methoxy groups -OCH3 is 16. The smallest absolute Gasteiger partial charge is 0.203 e. The van der Waals surface area contributed by atoms with E-state index in [-0.39, 0.29) is 11.8 Å². The van der Waals surface area contributed by atoms with Gasteiger partial charge in [-0.05, 0) is 169 Å². The van der Waals surface area contributed by atoms with Crippen LogP contribution in [0.15, 0.2) is 72.8 Å². The maximum atomic E-state index is 6.22. The number of hydrogen-bond donors (Lipinski definition) is 0. The third-order valence-corrected chi connectivity index (χ3v) is 14.3. The van der Waals surface area contributed by atoms with Gasteiger partial charge in [0, 0.05) is 11.1 Å². The third-order valence-electron chi connectivity index (χ3n) is 14.3. The molecule has 6 aromatic carbocycles. The second-order valence-corrected chi connectivity index (χ2v) is 18.3. The Labute approximate surface area is 460 Å². The molecule has 0 heterocycles. The van der Waals surface area contributed by atoms with Gasteiger partial charge in [-0.25, -0.2) is 0 Å². The Morgan fingerprint density at radius 3 is 0.756 bits per heavy atom. The number of ether oxygens (including phenoxy) is 16. The van der Waals surface area contributed by atoms with Crippen LogP contribution in [0.1, 0.15) is 56.8 Å². The zero-order valence-electron chi connectivity index (χ0n) is 48.3. The molecule has 0 aromatic heterocycles. The Bertz CT molecular complexity index is 2780. The quantitative estimate of drug-likeness (QED) is 0.0406. The summed E-state index contributed by atoms with van der Waals surface area (Å²) in [4.78, 5) is 0. The number of aryl methyl sites for hydroxylation is 3. The first-order chi connectivity index (χ1) is 37.9. The molecule has 16 heteroatoms. The molecule has 0 saturated carbocycles. The van der Waals surface area contributed by atoms with Gasteiger partial charge in [0.1, 0.15) is 23.0 Å². The van der Waals surface area contributed by atoms with Crippen molar-refractivity contribution in [2.45, 2.75) is 57.3 Å².